The molecule has 1 rings (SSSR count). The lowest BCUT2D eigenvalue weighted by molar-refractivity contribution is 0.161. The second-order valence-electron chi connectivity index (χ2n) is 3.72. The number of ether oxygens (including phenoxy) is 1. The van der Waals surface area contributed by atoms with Crippen molar-refractivity contribution in [1.29, 1.82) is 0 Å². The van der Waals surface area contributed by atoms with Gasteiger partial charge in [0.2, 0.25) is 0 Å². The molecule has 0 spiro atoms. The molecule has 1 atom stereocenters. The molecule has 1 aromatic rings. The molecule has 16 heavy (non-hydrogen) atoms. The van der Waals surface area contributed by atoms with E-state index in [4.69, 9.17) is 4.74 Å². The minimum absolute atomic E-state index is 0.284. The number of aliphatic hydroxyl groups excluding tert-OH is 1. The lowest BCUT2D eigenvalue weighted by Gasteiger charge is -2.12. The van der Waals surface area contributed by atoms with Crippen molar-refractivity contribution in [2.45, 2.75) is 13.0 Å². The van der Waals surface area contributed by atoms with Gasteiger partial charge in [-0.3, -0.25) is 0 Å². The Labute approximate surface area is 95.2 Å². The molecule has 0 fully saturated rings. The summed E-state index contributed by atoms with van der Waals surface area (Å²) in [4.78, 5) is 0. The van der Waals surface area contributed by atoms with Crippen LogP contribution in [0.3, 0.4) is 0 Å². The van der Waals surface area contributed by atoms with E-state index in [1.165, 1.54) is 6.07 Å². The summed E-state index contributed by atoms with van der Waals surface area (Å²) in [5.41, 5.74) is 1.18. The van der Waals surface area contributed by atoms with Crippen LogP contribution in [-0.2, 0) is 4.74 Å². The topological polar surface area (TPSA) is 41.5 Å². The van der Waals surface area contributed by atoms with Gasteiger partial charge < -0.3 is 15.2 Å². The van der Waals surface area contributed by atoms with E-state index in [2.05, 4.69) is 5.32 Å². The molecule has 0 aliphatic heterocycles. The first kappa shape index (κ1) is 13.1. The quantitative estimate of drug-likeness (QED) is 0.722. The Morgan fingerprint density at radius 1 is 1.50 bits per heavy atom. The highest BCUT2D eigenvalue weighted by Crippen LogP contribution is 2.15. The van der Waals surface area contributed by atoms with Crippen molar-refractivity contribution < 1.29 is 14.2 Å². The molecule has 0 saturated heterocycles. The molecule has 1 unspecified atom stereocenters. The maximum atomic E-state index is 13.2. The van der Waals surface area contributed by atoms with Crippen LogP contribution in [0.4, 0.5) is 4.39 Å². The number of hydrogen-bond donors (Lipinski definition) is 2. The lowest BCUT2D eigenvalue weighted by Crippen LogP contribution is -2.25. The highest BCUT2D eigenvalue weighted by molar-refractivity contribution is 5.25. The van der Waals surface area contributed by atoms with Crippen molar-refractivity contribution in [3.63, 3.8) is 0 Å². The maximum absolute atomic E-state index is 13.2. The number of aryl methyl sites for hydroxylation is 1. The van der Waals surface area contributed by atoms with E-state index in [0.717, 1.165) is 0 Å². The summed E-state index contributed by atoms with van der Waals surface area (Å²) in [5, 5.41) is 12.8. The number of halogens is 1. The molecule has 0 aromatic heterocycles. The third kappa shape index (κ3) is 3.89. The van der Waals surface area contributed by atoms with Gasteiger partial charge in [-0.1, -0.05) is 12.1 Å². The molecule has 3 nitrogen and oxygen atoms in total. The van der Waals surface area contributed by atoms with E-state index in [1.54, 1.807) is 26.2 Å². The molecule has 0 saturated carbocycles. The van der Waals surface area contributed by atoms with Gasteiger partial charge in [0, 0.05) is 20.2 Å². The molecular formula is C12H18FNO2. The predicted molar refractivity (Wildman–Crippen MR) is 60.8 cm³/mol. The molecule has 0 heterocycles. The van der Waals surface area contributed by atoms with Crippen molar-refractivity contribution in [2.24, 2.45) is 0 Å². The van der Waals surface area contributed by atoms with Gasteiger partial charge in [-0.15, -0.1) is 0 Å². The van der Waals surface area contributed by atoms with Crippen molar-refractivity contribution in [2.75, 3.05) is 26.8 Å². The van der Waals surface area contributed by atoms with Gasteiger partial charge in [0.1, 0.15) is 5.82 Å². The summed E-state index contributed by atoms with van der Waals surface area (Å²) in [6.45, 7) is 3.35. The fourth-order valence-electron chi connectivity index (χ4n) is 1.35. The molecule has 1 aromatic carbocycles. The average Bonchev–Trinajstić information content (AvgIpc) is 2.28. The van der Waals surface area contributed by atoms with Gasteiger partial charge in [0.15, 0.2) is 0 Å². The van der Waals surface area contributed by atoms with E-state index < -0.39 is 6.10 Å². The van der Waals surface area contributed by atoms with Crippen LogP contribution < -0.4 is 5.32 Å². The Bertz CT molecular complexity index is 331. The molecule has 4 heteroatoms. The van der Waals surface area contributed by atoms with Crippen molar-refractivity contribution >= 4 is 0 Å². The number of benzene rings is 1. The van der Waals surface area contributed by atoms with E-state index in [0.29, 0.717) is 30.8 Å². The lowest BCUT2D eigenvalue weighted by atomic mass is 10.1. The fraction of sp³-hybridized carbons (Fsp3) is 0.500. The van der Waals surface area contributed by atoms with Crippen LogP contribution in [0, 0.1) is 12.7 Å². The van der Waals surface area contributed by atoms with Crippen molar-refractivity contribution in [3.8, 4) is 0 Å². The summed E-state index contributed by atoms with van der Waals surface area (Å²) in [7, 11) is 1.62. The number of rotatable bonds is 6. The minimum atomic E-state index is -0.688. The van der Waals surface area contributed by atoms with Crippen molar-refractivity contribution in [3.05, 3.63) is 35.1 Å². The van der Waals surface area contributed by atoms with Crippen LogP contribution in [-0.4, -0.2) is 31.9 Å². The Balaban J connectivity index is 2.46. The normalized spacial score (nSPS) is 12.8. The number of nitrogens with one attached hydrogen (secondary N) is 1. The molecule has 0 radical (unpaired) electrons. The van der Waals surface area contributed by atoms with Crippen LogP contribution in [0.15, 0.2) is 18.2 Å². The standard InChI is InChI=1S/C12H18FNO2/c1-9-3-4-10(7-11(9)13)12(15)8-14-5-6-16-2/h3-4,7,12,14-15H,5-6,8H2,1-2H3. The second kappa shape index (κ2) is 6.58. The average molecular weight is 227 g/mol. The first-order valence-corrected chi connectivity index (χ1v) is 5.29. The van der Waals surface area contributed by atoms with Crippen LogP contribution >= 0.6 is 0 Å². The molecule has 0 bridgehead atoms. The molecule has 0 aliphatic rings. The summed E-state index contributed by atoms with van der Waals surface area (Å²) >= 11 is 0. The van der Waals surface area contributed by atoms with Gasteiger partial charge in [-0.2, -0.15) is 0 Å². The minimum Gasteiger partial charge on any atom is -0.387 e. The van der Waals surface area contributed by atoms with Crippen LogP contribution in [0.5, 0.6) is 0 Å². The Morgan fingerprint density at radius 3 is 2.88 bits per heavy atom. The number of aliphatic hydroxyl groups is 1. The zero-order valence-corrected chi connectivity index (χ0v) is 9.66. The molecule has 90 valence electrons. The molecule has 0 amide bonds. The van der Waals surface area contributed by atoms with Crippen LogP contribution in [0.2, 0.25) is 0 Å². The van der Waals surface area contributed by atoms with Gasteiger partial charge in [0.05, 0.1) is 12.7 Å². The first-order chi connectivity index (χ1) is 7.65. The third-order valence-corrected chi connectivity index (χ3v) is 2.40. The highest BCUT2D eigenvalue weighted by atomic mass is 19.1. The smallest absolute Gasteiger partial charge is 0.126 e. The SMILES string of the molecule is COCCNCC(O)c1ccc(C)c(F)c1. The zero-order valence-electron chi connectivity index (χ0n) is 9.66. The Kier molecular flexibility index (Phi) is 5.38. The highest BCUT2D eigenvalue weighted by Gasteiger charge is 2.08. The summed E-state index contributed by atoms with van der Waals surface area (Å²) in [6.07, 6.45) is -0.688. The van der Waals surface area contributed by atoms with Gasteiger partial charge in [-0.05, 0) is 24.1 Å². The third-order valence-electron chi connectivity index (χ3n) is 2.40. The van der Waals surface area contributed by atoms with Gasteiger partial charge in [-0.25, -0.2) is 4.39 Å². The number of methoxy groups -OCH3 is 1. The summed E-state index contributed by atoms with van der Waals surface area (Å²) in [5.74, 6) is -0.284. The van der Waals surface area contributed by atoms with Crippen LogP contribution in [0.1, 0.15) is 17.2 Å². The molecule has 2 N–H and O–H groups in total. The van der Waals surface area contributed by atoms with E-state index in [1.807, 2.05) is 0 Å². The maximum Gasteiger partial charge on any atom is 0.126 e. The van der Waals surface area contributed by atoms with E-state index in [9.17, 15) is 9.50 Å². The fourth-order valence-corrected chi connectivity index (χ4v) is 1.35. The van der Waals surface area contributed by atoms with E-state index >= 15 is 0 Å². The monoisotopic (exact) mass is 227 g/mol. The number of hydrogen-bond acceptors (Lipinski definition) is 3. The van der Waals surface area contributed by atoms with E-state index in [-0.39, 0.29) is 5.82 Å². The predicted octanol–water partition coefficient (Wildman–Crippen LogP) is 1.40. The summed E-state index contributed by atoms with van der Waals surface area (Å²) < 4.78 is 18.1. The van der Waals surface area contributed by atoms with Crippen molar-refractivity contribution in [1.82, 2.24) is 5.32 Å². The van der Waals surface area contributed by atoms with Gasteiger partial charge in [0.25, 0.3) is 0 Å². The summed E-state index contributed by atoms with van der Waals surface area (Å²) in [6, 6.07) is 4.78. The zero-order chi connectivity index (χ0) is 12.0. The van der Waals surface area contributed by atoms with Crippen LogP contribution in [0.25, 0.3) is 0 Å². The first-order valence-electron chi connectivity index (χ1n) is 5.29. The molecule has 0 aliphatic carbocycles. The largest absolute Gasteiger partial charge is 0.387 e. The second-order valence-corrected chi connectivity index (χ2v) is 3.72. The Morgan fingerprint density at radius 2 is 2.25 bits per heavy atom. The molecular weight excluding hydrogens is 209 g/mol. The van der Waals surface area contributed by atoms with Gasteiger partial charge >= 0.3 is 0 Å². The Hall–Kier alpha value is -0.970.